The van der Waals surface area contributed by atoms with Gasteiger partial charge in [-0.2, -0.15) is 0 Å². The summed E-state index contributed by atoms with van der Waals surface area (Å²) in [7, 11) is 1.98. The minimum Gasteiger partial charge on any atom is -0.370 e. The van der Waals surface area contributed by atoms with Crippen LogP contribution in [0.1, 0.15) is 37.4 Å². The molecule has 2 aromatic heterocycles. The van der Waals surface area contributed by atoms with Crippen molar-refractivity contribution in [2.24, 2.45) is 7.05 Å². The van der Waals surface area contributed by atoms with E-state index in [0.29, 0.717) is 0 Å². The largest absolute Gasteiger partial charge is 0.370 e. The Bertz CT molecular complexity index is 602. The quantitative estimate of drug-likeness (QED) is 0.928. The van der Waals surface area contributed by atoms with Crippen LogP contribution < -0.4 is 5.32 Å². The fourth-order valence-electron chi connectivity index (χ4n) is 2.67. The minimum absolute atomic E-state index is 0.782. The molecule has 1 aliphatic carbocycles. The predicted octanol–water partition coefficient (Wildman–Crippen LogP) is 2.58. The van der Waals surface area contributed by atoms with Gasteiger partial charge in [0.1, 0.15) is 11.5 Å². The van der Waals surface area contributed by atoms with E-state index in [-0.39, 0.29) is 0 Å². The topological polar surface area (TPSA) is 55.6 Å². The van der Waals surface area contributed by atoms with Crippen LogP contribution in [0.25, 0.3) is 11.5 Å². The average Bonchev–Trinajstić information content (AvgIpc) is 2.90. The van der Waals surface area contributed by atoms with E-state index in [2.05, 4.69) is 17.2 Å². The second kappa shape index (κ2) is 5.61. The number of hydrogen-bond donors (Lipinski definition) is 1. The molecular formula is C15H21N5. The Morgan fingerprint density at radius 2 is 2.10 bits per heavy atom. The highest BCUT2D eigenvalue weighted by atomic mass is 15.1. The fourth-order valence-corrected chi connectivity index (χ4v) is 2.67. The summed E-state index contributed by atoms with van der Waals surface area (Å²) >= 11 is 0. The lowest BCUT2D eigenvalue weighted by Crippen LogP contribution is -2.14. The number of fused-ring (bicyclic) bond motifs is 1. The summed E-state index contributed by atoms with van der Waals surface area (Å²) in [6.45, 7) is 3.12. The first-order valence-corrected chi connectivity index (χ1v) is 7.40. The summed E-state index contributed by atoms with van der Waals surface area (Å²) in [4.78, 5) is 13.7. The van der Waals surface area contributed by atoms with E-state index in [1.54, 1.807) is 6.33 Å². The van der Waals surface area contributed by atoms with Gasteiger partial charge in [0.2, 0.25) is 0 Å². The van der Waals surface area contributed by atoms with Gasteiger partial charge in [0.15, 0.2) is 5.82 Å². The van der Waals surface area contributed by atoms with Gasteiger partial charge in [-0.1, -0.05) is 6.92 Å². The molecule has 0 aromatic carbocycles. The van der Waals surface area contributed by atoms with Gasteiger partial charge < -0.3 is 9.88 Å². The number of nitrogens with zero attached hydrogens (tertiary/aromatic N) is 4. The second-order valence-electron chi connectivity index (χ2n) is 5.34. The van der Waals surface area contributed by atoms with Gasteiger partial charge >= 0.3 is 0 Å². The van der Waals surface area contributed by atoms with Crippen LogP contribution in [0.2, 0.25) is 0 Å². The molecule has 5 heteroatoms. The highest BCUT2D eigenvalue weighted by Gasteiger charge is 2.19. The maximum absolute atomic E-state index is 4.77. The van der Waals surface area contributed by atoms with Crippen molar-refractivity contribution in [3.63, 3.8) is 0 Å². The molecule has 0 amide bonds. The number of hydrogen-bond acceptors (Lipinski definition) is 4. The molecule has 0 radical (unpaired) electrons. The number of rotatable bonds is 4. The first-order valence-electron chi connectivity index (χ1n) is 7.40. The van der Waals surface area contributed by atoms with Gasteiger partial charge in [-0.3, -0.25) is 0 Å². The van der Waals surface area contributed by atoms with E-state index >= 15 is 0 Å². The van der Waals surface area contributed by atoms with Crippen LogP contribution in [-0.4, -0.2) is 26.1 Å². The molecule has 2 heterocycles. The second-order valence-corrected chi connectivity index (χ2v) is 5.34. The molecule has 1 N–H and O–H groups in total. The normalized spacial score (nSPS) is 14.1. The van der Waals surface area contributed by atoms with Crippen molar-refractivity contribution in [1.82, 2.24) is 19.5 Å². The van der Waals surface area contributed by atoms with Crippen LogP contribution in [0, 0.1) is 0 Å². The molecule has 0 aliphatic heterocycles. The number of imidazole rings is 1. The van der Waals surface area contributed by atoms with Gasteiger partial charge in [-0.25, -0.2) is 15.0 Å². The highest BCUT2D eigenvalue weighted by molar-refractivity contribution is 5.57. The van der Waals surface area contributed by atoms with E-state index in [4.69, 9.17) is 9.97 Å². The van der Waals surface area contributed by atoms with E-state index in [9.17, 15) is 0 Å². The lowest BCUT2D eigenvalue weighted by atomic mass is 9.96. The molecule has 0 atom stereocenters. The van der Waals surface area contributed by atoms with Gasteiger partial charge in [0.25, 0.3) is 0 Å². The third kappa shape index (κ3) is 2.40. The third-order valence-electron chi connectivity index (χ3n) is 3.77. The first-order chi connectivity index (χ1) is 9.79. The molecule has 0 bridgehead atoms. The monoisotopic (exact) mass is 271 g/mol. The van der Waals surface area contributed by atoms with Crippen LogP contribution >= 0.6 is 0 Å². The van der Waals surface area contributed by atoms with Crippen molar-refractivity contribution in [3.8, 4) is 11.5 Å². The summed E-state index contributed by atoms with van der Waals surface area (Å²) in [6, 6.07) is 0. The summed E-state index contributed by atoms with van der Waals surface area (Å²) in [6.07, 6.45) is 9.33. The van der Waals surface area contributed by atoms with E-state index in [0.717, 1.165) is 43.1 Å². The van der Waals surface area contributed by atoms with E-state index in [1.165, 1.54) is 24.1 Å². The third-order valence-corrected chi connectivity index (χ3v) is 3.77. The molecule has 106 valence electrons. The van der Waals surface area contributed by atoms with Crippen molar-refractivity contribution < 1.29 is 0 Å². The lowest BCUT2D eigenvalue weighted by Gasteiger charge is -2.19. The summed E-state index contributed by atoms with van der Waals surface area (Å²) in [5, 5.41) is 3.46. The molecule has 0 fully saturated rings. The van der Waals surface area contributed by atoms with Crippen molar-refractivity contribution in [1.29, 1.82) is 0 Å². The summed E-state index contributed by atoms with van der Waals surface area (Å²) in [5.41, 5.74) is 3.49. The number of aromatic nitrogens is 4. The van der Waals surface area contributed by atoms with Crippen molar-refractivity contribution in [2.45, 2.75) is 39.0 Å². The average molecular weight is 271 g/mol. The van der Waals surface area contributed by atoms with Crippen LogP contribution in [0.15, 0.2) is 12.5 Å². The Labute approximate surface area is 119 Å². The maximum atomic E-state index is 4.77. The molecule has 3 rings (SSSR count). The molecule has 5 nitrogen and oxygen atoms in total. The van der Waals surface area contributed by atoms with Crippen molar-refractivity contribution in [3.05, 3.63) is 23.8 Å². The zero-order valence-electron chi connectivity index (χ0n) is 12.2. The van der Waals surface area contributed by atoms with Gasteiger partial charge in [0, 0.05) is 24.8 Å². The molecule has 0 unspecified atom stereocenters. The maximum Gasteiger partial charge on any atom is 0.180 e. The molecule has 20 heavy (non-hydrogen) atoms. The van der Waals surface area contributed by atoms with Crippen LogP contribution in [0.3, 0.4) is 0 Å². The minimum atomic E-state index is 0.782. The zero-order chi connectivity index (χ0) is 13.9. The van der Waals surface area contributed by atoms with Gasteiger partial charge in [0.05, 0.1) is 12.5 Å². The van der Waals surface area contributed by atoms with Crippen LogP contribution in [0.5, 0.6) is 0 Å². The fraction of sp³-hybridized carbons (Fsp3) is 0.533. The molecule has 0 saturated carbocycles. The number of aryl methyl sites for hydroxylation is 2. The smallest absolute Gasteiger partial charge is 0.180 e. The molecule has 1 aliphatic rings. The number of anilines is 1. The van der Waals surface area contributed by atoms with Crippen LogP contribution in [0.4, 0.5) is 5.82 Å². The predicted molar refractivity (Wildman–Crippen MR) is 79.7 cm³/mol. The number of nitrogens with one attached hydrogen (secondary N) is 1. The standard InChI is InChI=1S/C15H21N5/c1-3-8-17-14-11-6-4-5-7-12(11)18-15(19-14)13-9-16-10-20(13)2/h9-10H,3-8H2,1-2H3,(H,17,18,19). The van der Waals surface area contributed by atoms with Crippen molar-refractivity contribution in [2.75, 3.05) is 11.9 Å². The SMILES string of the molecule is CCCNc1nc(-c2cncn2C)nc2c1CCCC2. The van der Waals surface area contributed by atoms with Gasteiger partial charge in [-0.15, -0.1) is 0 Å². The molecular weight excluding hydrogens is 250 g/mol. The first kappa shape index (κ1) is 13.1. The Hall–Kier alpha value is -1.91. The Balaban J connectivity index is 2.05. The van der Waals surface area contributed by atoms with E-state index < -0.39 is 0 Å². The lowest BCUT2D eigenvalue weighted by molar-refractivity contribution is 0.663. The Morgan fingerprint density at radius 3 is 2.85 bits per heavy atom. The molecule has 0 saturated heterocycles. The zero-order valence-corrected chi connectivity index (χ0v) is 12.2. The highest BCUT2D eigenvalue weighted by Crippen LogP contribution is 2.28. The van der Waals surface area contributed by atoms with Crippen LogP contribution in [-0.2, 0) is 19.9 Å². The van der Waals surface area contributed by atoms with Gasteiger partial charge in [-0.05, 0) is 32.1 Å². The Morgan fingerprint density at radius 1 is 1.25 bits per heavy atom. The summed E-state index contributed by atoms with van der Waals surface area (Å²) < 4.78 is 1.97. The Kier molecular flexibility index (Phi) is 3.67. The summed E-state index contributed by atoms with van der Waals surface area (Å²) in [5.74, 6) is 1.80. The molecule has 0 spiro atoms. The van der Waals surface area contributed by atoms with Crippen molar-refractivity contribution >= 4 is 5.82 Å². The molecule has 2 aromatic rings. The van der Waals surface area contributed by atoms with E-state index in [1.807, 2.05) is 17.8 Å².